The molecule has 0 aliphatic carbocycles. The Labute approximate surface area is 106 Å². The van der Waals surface area contributed by atoms with E-state index in [9.17, 15) is 12.8 Å². The molecule has 0 atom stereocenters. The zero-order chi connectivity index (χ0) is 14.0. The normalized spacial score (nSPS) is 11.9. The van der Waals surface area contributed by atoms with Crippen molar-refractivity contribution in [2.45, 2.75) is 26.3 Å². The van der Waals surface area contributed by atoms with Gasteiger partial charge in [0, 0.05) is 5.54 Å². The van der Waals surface area contributed by atoms with E-state index in [1.807, 2.05) is 0 Å². The molecule has 0 heterocycles. The van der Waals surface area contributed by atoms with E-state index in [1.165, 1.54) is 12.1 Å². The molecule has 1 rings (SSSR count). The van der Waals surface area contributed by atoms with Crippen LogP contribution in [0.2, 0.25) is 0 Å². The predicted molar refractivity (Wildman–Crippen MR) is 66.5 cm³/mol. The van der Waals surface area contributed by atoms with Gasteiger partial charge in [-0.15, -0.1) is 0 Å². The fourth-order valence-corrected chi connectivity index (χ4v) is 2.61. The summed E-state index contributed by atoms with van der Waals surface area (Å²) >= 11 is 0. The van der Waals surface area contributed by atoms with Crippen LogP contribution in [0.5, 0.6) is 0 Å². The summed E-state index contributed by atoms with van der Waals surface area (Å²) in [6, 6.07) is 5.36. The Bertz CT molecular complexity index is 585. The lowest BCUT2D eigenvalue weighted by atomic mass is 10.1. The molecule has 98 valence electrons. The average Bonchev–Trinajstić information content (AvgIpc) is 2.13. The highest BCUT2D eigenvalue weighted by molar-refractivity contribution is 7.90. The molecule has 0 amide bonds. The topological polar surface area (TPSA) is 82.0 Å². The van der Waals surface area contributed by atoms with E-state index >= 15 is 0 Å². The number of halogens is 1. The van der Waals surface area contributed by atoms with Crippen LogP contribution in [-0.4, -0.2) is 14.0 Å². The number of anilines is 1. The van der Waals surface area contributed by atoms with Crippen molar-refractivity contribution in [2.75, 3.05) is 4.72 Å². The largest absolute Gasteiger partial charge is 0.299 e. The van der Waals surface area contributed by atoms with Gasteiger partial charge in [-0.1, -0.05) is 6.07 Å². The zero-order valence-electron chi connectivity index (χ0n) is 10.3. The Morgan fingerprint density at radius 2 is 1.94 bits per heavy atom. The van der Waals surface area contributed by atoms with Crippen LogP contribution in [0.1, 0.15) is 26.3 Å². The van der Waals surface area contributed by atoms with Gasteiger partial charge in [0.15, 0.2) is 0 Å². The lowest BCUT2D eigenvalue weighted by molar-refractivity contribution is 0.494. The minimum absolute atomic E-state index is 0.0887. The van der Waals surface area contributed by atoms with E-state index in [-0.39, 0.29) is 11.3 Å². The van der Waals surface area contributed by atoms with Crippen molar-refractivity contribution >= 4 is 15.9 Å². The number of hydrogen-bond donors (Lipinski definition) is 2. The summed E-state index contributed by atoms with van der Waals surface area (Å²) in [7, 11) is -3.86. The molecule has 0 saturated carbocycles. The van der Waals surface area contributed by atoms with E-state index in [2.05, 4.69) is 9.44 Å². The molecule has 0 spiro atoms. The van der Waals surface area contributed by atoms with Crippen LogP contribution in [0.3, 0.4) is 0 Å². The fraction of sp³-hybridized carbons (Fsp3) is 0.364. The average molecular weight is 271 g/mol. The molecule has 0 fully saturated rings. The van der Waals surface area contributed by atoms with Gasteiger partial charge in [-0.05, 0) is 32.9 Å². The molecule has 2 N–H and O–H groups in total. The van der Waals surface area contributed by atoms with Crippen LogP contribution >= 0.6 is 0 Å². The number of hydrogen-bond acceptors (Lipinski definition) is 3. The first kappa shape index (κ1) is 14.4. The highest BCUT2D eigenvalue weighted by Crippen LogP contribution is 2.19. The van der Waals surface area contributed by atoms with Gasteiger partial charge in [-0.3, -0.25) is 4.72 Å². The minimum Gasteiger partial charge on any atom is -0.270 e. The minimum atomic E-state index is -3.86. The van der Waals surface area contributed by atoms with E-state index in [0.717, 1.165) is 6.07 Å². The van der Waals surface area contributed by atoms with Gasteiger partial charge in [0.05, 0.1) is 5.69 Å². The maximum atomic E-state index is 13.3. The molecule has 0 unspecified atom stereocenters. The molecule has 0 aliphatic heterocycles. The van der Waals surface area contributed by atoms with Gasteiger partial charge < -0.3 is 0 Å². The molecule has 0 aromatic heterocycles. The van der Waals surface area contributed by atoms with E-state index in [0.29, 0.717) is 0 Å². The van der Waals surface area contributed by atoms with Crippen LogP contribution in [0.4, 0.5) is 10.1 Å². The Morgan fingerprint density at radius 1 is 1.33 bits per heavy atom. The van der Waals surface area contributed by atoms with E-state index in [4.69, 9.17) is 5.26 Å². The number of nitriles is 1. The van der Waals surface area contributed by atoms with Crippen LogP contribution in [0.15, 0.2) is 18.2 Å². The lowest BCUT2D eigenvalue weighted by Crippen LogP contribution is -2.43. The quantitative estimate of drug-likeness (QED) is 0.878. The molecule has 1 aromatic rings. The van der Waals surface area contributed by atoms with Gasteiger partial charge in [0.2, 0.25) is 0 Å². The molecule has 0 bridgehead atoms. The third-order valence-electron chi connectivity index (χ3n) is 1.81. The summed E-state index contributed by atoms with van der Waals surface area (Å²) in [4.78, 5) is 0. The monoisotopic (exact) mass is 271 g/mol. The van der Waals surface area contributed by atoms with Crippen molar-refractivity contribution < 1.29 is 12.8 Å². The summed E-state index contributed by atoms with van der Waals surface area (Å²) < 4.78 is 41.2. The molecular weight excluding hydrogens is 257 g/mol. The molecule has 18 heavy (non-hydrogen) atoms. The Hall–Kier alpha value is -1.65. The first-order chi connectivity index (χ1) is 8.14. The highest BCUT2D eigenvalue weighted by atomic mass is 32.2. The van der Waals surface area contributed by atoms with Crippen molar-refractivity contribution in [3.63, 3.8) is 0 Å². The summed E-state index contributed by atoms with van der Waals surface area (Å²) in [5.41, 5.74) is -1.10. The van der Waals surface area contributed by atoms with Crippen molar-refractivity contribution in [2.24, 2.45) is 0 Å². The first-order valence-corrected chi connectivity index (χ1v) is 6.63. The number of nitrogens with one attached hydrogen (secondary N) is 2. The van der Waals surface area contributed by atoms with E-state index < -0.39 is 21.6 Å². The van der Waals surface area contributed by atoms with E-state index in [1.54, 1.807) is 26.8 Å². The maximum absolute atomic E-state index is 13.3. The second-order valence-corrected chi connectivity index (χ2v) is 6.15. The summed E-state index contributed by atoms with van der Waals surface area (Å²) in [6.07, 6.45) is 0. The predicted octanol–water partition coefficient (Wildman–Crippen LogP) is 1.74. The van der Waals surface area contributed by atoms with Crippen molar-refractivity contribution in [3.05, 3.63) is 29.6 Å². The standard InChI is InChI=1S/C11H14FN3O2S/c1-11(2,3)15-18(16,17)14-10-6-4-5-9(12)8(10)7-13/h4-6,14-15H,1-3H3. The molecule has 0 radical (unpaired) electrons. The third-order valence-corrected chi connectivity index (χ3v) is 3.18. The Morgan fingerprint density at radius 3 is 2.44 bits per heavy atom. The maximum Gasteiger partial charge on any atom is 0.299 e. The Kier molecular flexibility index (Phi) is 3.94. The van der Waals surface area contributed by atoms with Gasteiger partial charge in [-0.2, -0.15) is 18.4 Å². The highest BCUT2D eigenvalue weighted by Gasteiger charge is 2.21. The third kappa shape index (κ3) is 3.98. The molecule has 0 aliphatic rings. The van der Waals surface area contributed by atoms with Gasteiger partial charge in [0.1, 0.15) is 17.4 Å². The van der Waals surface area contributed by atoms with Crippen LogP contribution < -0.4 is 9.44 Å². The summed E-state index contributed by atoms with van der Waals surface area (Å²) in [6.45, 7) is 5.01. The van der Waals surface area contributed by atoms with Crippen LogP contribution in [0.25, 0.3) is 0 Å². The second kappa shape index (κ2) is 4.92. The van der Waals surface area contributed by atoms with Crippen molar-refractivity contribution in [3.8, 4) is 6.07 Å². The lowest BCUT2D eigenvalue weighted by Gasteiger charge is -2.21. The Balaban J connectivity index is 3.07. The van der Waals surface area contributed by atoms with Crippen LogP contribution in [0, 0.1) is 17.1 Å². The van der Waals surface area contributed by atoms with Gasteiger partial charge in [-0.25, -0.2) is 4.39 Å². The van der Waals surface area contributed by atoms with Crippen molar-refractivity contribution in [1.29, 1.82) is 5.26 Å². The molecular formula is C11H14FN3O2S. The summed E-state index contributed by atoms with van der Waals surface area (Å²) in [5, 5.41) is 8.78. The summed E-state index contributed by atoms with van der Waals surface area (Å²) in [5.74, 6) is -0.770. The number of benzene rings is 1. The van der Waals surface area contributed by atoms with Gasteiger partial charge in [0.25, 0.3) is 10.2 Å². The molecule has 1 aromatic carbocycles. The second-order valence-electron chi connectivity index (χ2n) is 4.73. The fourth-order valence-electron chi connectivity index (χ4n) is 1.30. The SMILES string of the molecule is CC(C)(C)NS(=O)(=O)Nc1cccc(F)c1C#N. The smallest absolute Gasteiger partial charge is 0.270 e. The molecule has 0 saturated heterocycles. The molecule has 7 heteroatoms. The molecule has 5 nitrogen and oxygen atoms in total. The number of rotatable bonds is 3. The first-order valence-electron chi connectivity index (χ1n) is 5.15. The van der Waals surface area contributed by atoms with Gasteiger partial charge >= 0.3 is 0 Å². The van der Waals surface area contributed by atoms with Crippen LogP contribution in [-0.2, 0) is 10.2 Å². The number of nitrogens with zero attached hydrogens (tertiary/aromatic N) is 1. The van der Waals surface area contributed by atoms with Crippen molar-refractivity contribution in [1.82, 2.24) is 4.72 Å². The zero-order valence-corrected chi connectivity index (χ0v) is 11.1.